The van der Waals surface area contributed by atoms with E-state index in [2.05, 4.69) is 41.6 Å². The molecule has 0 aliphatic rings. The van der Waals surface area contributed by atoms with Crippen molar-refractivity contribution in [1.82, 2.24) is 20.3 Å². The van der Waals surface area contributed by atoms with Crippen molar-refractivity contribution in [3.63, 3.8) is 0 Å². The van der Waals surface area contributed by atoms with Crippen LogP contribution < -0.4 is 10.6 Å². The fourth-order valence-corrected chi connectivity index (χ4v) is 3.00. The number of carbonyl (C=O) groups excluding carboxylic acids is 1. The fraction of sp³-hybridized carbons (Fsp3) is 0.409. The average Bonchev–Trinajstić information content (AvgIpc) is 3.10. The second-order valence-electron chi connectivity index (χ2n) is 7.99. The molecule has 0 spiro atoms. The molecular weight excluding hydrogens is 366 g/mol. The summed E-state index contributed by atoms with van der Waals surface area (Å²) in [5.74, 6) is -0.0654. The molecule has 3 aromatic rings. The van der Waals surface area contributed by atoms with Gasteiger partial charge in [0.1, 0.15) is 16.7 Å². The summed E-state index contributed by atoms with van der Waals surface area (Å²) in [5, 5.41) is 25.5. The van der Waals surface area contributed by atoms with Crippen LogP contribution in [0.4, 0.5) is 10.5 Å². The first-order chi connectivity index (χ1) is 13.7. The summed E-state index contributed by atoms with van der Waals surface area (Å²) in [6.45, 7) is 10.9. The molecule has 29 heavy (non-hydrogen) atoms. The van der Waals surface area contributed by atoms with E-state index in [1.165, 1.54) is 4.80 Å². The maximum absolute atomic E-state index is 12.2. The molecule has 3 rings (SSSR count). The number of carbonyl (C=O) groups is 1. The standard InChI is InChI=1S/C22H29N5O2/c1-6-10-23-21(29)24-18-12-15(22(4,5)7-2)13-19(20(18)28)27-25-16-9-8-14(3)11-17(16)26-27/h8-9,11-13,28H,6-7,10H2,1-5H3,(H2,23,24,29). The topological polar surface area (TPSA) is 92.1 Å². The van der Waals surface area contributed by atoms with Gasteiger partial charge in [-0.05, 0) is 60.6 Å². The molecule has 2 aromatic carbocycles. The van der Waals surface area contributed by atoms with E-state index in [9.17, 15) is 9.90 Å². The molecule has 154 valence electrons. The van der Waals surface area contributed by atoms with E-state index in [4.69, 9.17) is 0 Å². The molecule has 3 N–H and O–H groups in total. The summed E-state index contributed by atoms with van der Waals surface area (Å²) in [5.41, 5.74) is 4.18. The van der Waals surface area contributed by atoms with Gasteiger partial charge >= 0.3 is 6.03 Å². The van der Waals surface area contributed by atoms with Crippen LogP contribution in [0.25, 0.3) is 16.7 Å². The average molecular weight is 396 g/mol. The highest BCUT2D eigenvalue weighted by Gasteiger charge is 2.24. The predicted molar refractivity (Wildman–Crippen MR) is 116 cm³/mol. The van der Waals surface area contributed by atoms with Gasteiger partial charge in [-0.15, -0.1) is 15.0 Å². The maximum atomic E-state index is 12.2. The van der Waals surface area contributed by atoms with Crippen molar-refractivity contribution >= 4 is 22.8 Å². The number of benzene rings is 2. The molecule has 0 radical (unpaired) electrons. The highest BCUT2D eigenvalue weighted by Crippen LogP contribution is 2.37. The van der Waals surface area contributed by atoms with Crippen LogP contribution in [0.5, 0.6) is 5.75 Å². The molecule has 0 unspecified atom stereocenters. The number of fused-ring (bicyclic) bond motifs is 1. The van der Waals surface area contributed by atoms with Gasteiger partial charge in [-0.25, -0.2) is 4.79 Å². The number of hydrogen-bond acceptors (Lipinski definition) is 4. The predicted octanol–water partition coefficient (Wildman–Crippen LogP) is 4.65. The molecule has 7 nitrogen and oxygen atoms in total. The van der Waals surface area contributed by atoms with Crippen molar-refractivity contribution < 1.29 is 9.90 Å². The lowest BCUT2D eigenvalue weighted by atomic mass is 9.81. The zero-order valence-corrected chi connectivity index (χ0v) is 17.7. The van der Waals surface area contributed by atoms with E-state index in [0.717, 1.165) is 35.0 Å². The summed E-state index contributed by atoms with van der Waals surface area (Å²) in [6.07, 6.45) is 1.73. The Morgan fingerprint density at radius 3 is 2.55 bits per heavy atom. The third kappa shape index (κ3) is 4.34. The summed E-state index contributed by atoms with van der Waals surface area (Å²) in [6, 6.07) is 9.19. The van der Waals surface area contributed by atoms with Crippen LogP contribution in [0.15, 0.2) is 30.3 Å². The van der Waals surface area contributed by atoms with Crippen LogP contribution in [0.2, 0.25) is 0 Å². The van der Waals surface area contributed by atoms with Crippen LogP contribution >= 0.6 is 0 Å². The van der Waals surface area contributed by atoms with Gasteiger partial charge in [0.15, 0.2) is 5.75 Å². The molecular formula is C22H29N5O2. The molecule has 0 aliphatic heterocycles. The lowest BCUT2D eigenvalue weighted by molar-refractivity contribution is 0.252. The highest BCUT2D eigenvalue weighted by molar-refractivity contribution is 5.92. The van der Waals surface area contributed by atoms with Gasteiger partial charge in [0.05, 0.1) is 5.69 Å². The minimum Gasteiger partial charge on any atom is -0.504 e. The van der Waals surface area contributed by atoms with E-state index in [-0.39, 0.29) is 17.2 Å². The van der Waals surface area contributed by atoms with Gasteiger partial charge in [-0.2, -0.15) is 0 Å². The number of aryl methyl sites for hydroxylation is 1. The molecule has 7 heteroatoms. The van der Waals surface area contributed by atoms with Crippen molar-refractivity contribution in [3.05, 3.63) is 41.5 Å². The summed E-state index contributed by atoms with van der Waals surface area (Å²) >= 11 is 0. The highest BCUT2D eigenvalue weighted by atomic mass is 16.3. The third-order valence-corrected chi connectivity index (χ3v) is 5.29. The first-order valence-corrected chi connectivity index (χ1v) is 10.0. The van der Waals surface area contributed by atoms with Gasteiger partial charge in [0.2, 0.25) is 0 Å². The van der Waals surface area contributed by atoms with E-state index >= 15 is 0 Å². The number of aromatic hydroxyl groups is 1. The second-order valence-corrected chi connectivity index (χ2v) is 7.99. The Balaban J connectivity index is 2.12. The number of anilines is 1. The van der Waals surface area contributed by atoms with Crippen molar-refractivity contribution in [2.75, 3.05) is 11.9 Å². The molecule has 0 saturated carbocycles. The molecule has 0 bridgehead atoms. The number of rotatable bonds is 6. The lowest BCUT2D eigenvalue weighted by Gasteiger charge is -2.25. The number of nitrogens with one attached hydrogen (secondary N) is 2. The Labute approximate surface area is 171 Å². The van der Waals surface area contributed by atoms with Crippen LogP contribution in [-0.2, 0) is 5.41 Å². The van der Waals surface area contributed by atoms with Crippen molar-refractivity contribution in [1.29, 1.82) is 0 Å². The van der Waals surface area contributed by atoms with Gasteiger partial charge in [-0.3, -0.25) is 0 Å². The summed E-state index contributed by atoms with van der Waals surface area (Å²) in [7, 11) is 0. The normalized spacial score (nSPS) is 11.6. The van der Waals surface area contributed by atoms with Crippen molar-refractivity contribution in [3.8, 4) is 11.4 Å². The van der Waals surface area contributed by atoms with Gasteiger partial charge in [-0.1, -0.05) is 33.8 Å². The number of amides is 2. The molecule has 0 aliphatic carbocycles. The fourth-order valence-electron chi connectivity index (χ4n) is 3.00. The number of aromatic nitrogens is 3. The Morgan fingerprint density at radius 1 is 1.14 bits per heavy atom. The van der Waals surface area contributed by atoms with Crippen molar-refractivity contribution in [2.24, 2.45) is 0 Å². The monoisotopic (exact) mass is 395 g/mol. The van der Waals surface area contributed by atoms with Crippen LogP contribution in [0.3, 0.4) is 0 Å². The number of hydrogen-bond donors (Lipinski definition) is 3. The van der Waals surface area contributed by atoms with Gasteiger partial charge in [0, 0.05) is 6.54 Å². The Kier molecular flexibility index (Phi) is 5.77. The Morgan fingerprint density at radius 2 is 1.86 bits per heavy atom. The number of nitrogens with zero attached hydrogens (tertiary/aromatic N) is 3. The first-order valence-electron chi connectivity index (χ1n) is 10.0. The molecule has 0 fully saturated rings. The van der Waals surface area contributed by atoms with Crippen LogP contribution in [-0.4, -0.2) is 32.7 Å². The maximum Gasteiger partial charge on any atom is 0.319 e. The SMILES string of the molecule is CCCNC(=O)Nc1cc(C(C)(C)CC)cc(-n2nc3ccc(C)cc3n2)c1O. The van der Waals surface area contributed by atoms with Crippen LogP contribution in [0.1, 0.15) is 51.7 Å². The van der Waals surface area contributed by atoms with Crippen LogP contribution in [0, 0.1) is 6.92 Å². The molecule has 0 atom stereocenters. The molecule has 0 saturated heterocycles. The number of phenolic OH excluding ortho intramolecular Hbond substituents is 1. The minimum absolute atomic E-state index is 0.0654. The zero-order chi connectivity index (χ0) is 21.2. The molecule has 1 aromatic heterocycles. The summed E-state index contributed by atoms with van der Waals surface area (Å²) in [4.78, 5) is 13.6. The largest absolute Gasteiger partial charge is 0.504 e. The van der Waals surface area contributed by atoms with E-state index in [1.54, 1.807) is 0 Å². The first kappa shape index (κ1) is 20.6. The summed E-state index contributed by atoms with van der Waals surface area (Å²) < 4.78 is 0. The third-order valence-electron chi connectivity index (χ3n) is 5.29. The lowest BCUT2D eigenvalue weighted by Crippen LogP contribution is -2.29. The Hall–Kier alpha value is -3.09. The van der Waals surface area contributed by atoms with E-state index in [1.807, 2.05) is 44.2 Å². The number of urea groups is 1. The molecule has 2 amide bonds. The smallest absolute Gasteiger partial charge is 0.319 e. The van der Waals surface area contributed by atoms with Gasteiger partial charge in [0.25, 0.3) is 0 Å². The quantitative estimate of drug-likeness (QED) is 0.530. The Bertz CT molecular complexity index is 1040. The number of phenols is 1. The zero-order valence-electron chi connectivity index (χ0n) is 17.7. The van der Waals surface area contributed by atoms with E-state index in [0.29, 0.717) is 17.9 Å². The van der Waals surface area contributed by atoms with E-state index < -0.39 is 0 Å². The minimum atomic E-state index is -0.353. The van der Waals surface area contributed by atoms with Gasteiger partial charge < -0.3 is 15.7 Å². The molecule has 1 heterocycles. The van der Waals surface area contributed by atoms with Crippen molar-refractivity contribution in [2.45, 2.75) is 52.9 Å². The second kappa shape index (κ2) is 8.11.